The second-order valence-corrected chi connectivity index (χ2v) is 7.14. The minimum absolute atomic E-state index is 0.0777. The first-order valence-electron chi connectivity index (χ1n) is 7.84. The maximum Gasteiger partial charge on any atom is 0.259 e. The van der Waals surface area contributed by atoms with Gasteiger partial charge in [0.15, 0.2) is 5.82 Å². The Balaban J connectivity index is 1.74. The molecule has 0 atom stereocenters. The molecule has 0 aromatic carbocycles. The van der Waals surface area contributed by atoms with E-state index in [0.717, 1.165) is 30.8 Å². The predicted octanol–water partition coefficient (Wildman–Crippen LogP) is 2.86. The van der Waals surface area contributed by atoms with Crippen LogP contribution >= 0.6 is 11.3 Å². The highest BCUT2D eigenvalue weighted by atomic mass is 32.1. The van der Waals surface area contributed by atoms with E-state index < -0.39 is 0 Å². The molecule has 23 heavy (non-hydrogen) atoms. The van der Waals surface area contributed by atoms with Crippen LogP contribution in [-0.4, -0.2) is 40.0 Å². The highest BCUT2D eigenvalue weighted by Gasteiger charge is 2.21. The largest absolute Gasteiger partial charge is 0.306 e. The van der Waals surface area contributed by atoms with Gasteiger partial charge in [-0.15, -0.1) is 11.3 Å². The topological polar surface area (TPSA) is 61.9 Å². The van der Waals surface area contributed by atoms with Crippen LogP contribution in [0.15, 0.2) is 35.3 Å². The number of H-pyrrole nitrogens is 1. The van der Waals surface area contributed by atoms with Crippen LogP contribution in [0, 0.1) is 0 Å². The lowest BCUT2D eigenvalue weighted by Crippen LogP contribution is -2.28. The van der Waals surface area contributed by atoms with Crippen LogP contribution in [-0.2, 0) is 0 Å². The zero-order chi connectivity index (χ0) is 15.8. The number of pyridine rings is 1. The second-order valence-electron chi connectivity index (χ2n) is 6.07. The van der Waals surface area contributed by atoms with Crippen molar-refractivity contribution < 1.29 is 0 Å². The Morgan fingerprint density at radius 1 is 1.30 bits per heavy atom. The van der Waals surface area contributed by atoms with E-state index in [0.29, 0.717) is 22.8 Å². The highest BCUT2D eigenvalue weighted by molar-refractivity contribution is 7.18. The van der Waals surface area contributed by atoms with Crippen molar-refractivity contribution in [2.45, 2.75) is 18.8 Å². The number of aromatic amines is 1. The summed E-state index contributed by atoms with van der Waals surface area (Å²) in [4.78, 5) is 28.6. The normalized spacial score (nSPS) is 16.9. The standard InChI is InChI=1S/C17H18N4OS/c1-21-8-5-11(6-9-21)14-10-12-16(22)19-15(20-17(12)23-14)13-4-2-3-7-18-13/h2-4,7,10-11H,5-6,8-9H2,1H3,(H,19,20,22). The minimum Gasteiger partial charge on any atom is -0.306 e. The van der Waals surface area contributed by atoms with Gasteiger partial charge in [0.2, 0.25) is 0 Å². The Morgan fingerprint density at radius 2 is 2.13 bits per heavy atom. The monoisotopic (exact) mass is 326 g/mol. The maximum absolute atomic E-state index is 12.4. The van der Waals surface area contributed by atoms with Crippen molar-refractivity contribution >= 4 is 21.6 Å². The maximum atomic E-state index is 12.4. The zero-order valence-electron chi connectivity index (χ0n) is 13.0. The smallest absolute Gasteiger partial charge is 0.259 e. The summed E-state index contributed by atoms with van der Waals surface area (Å²) in [5.41, 5.74) is 0.617. The van der Waals surface area contributed by atoms with Crippen LogP contribution < -0.4 is 5.56 Å². The molecule has 1 saturated heterocycles. The van der Waals surface area contributed by atoms with Crippen molar-refractivity contribution in [2.75, 3.05) is 20.1 Å². The molecule has 0 saturated carbocycles. The zero-order valence-corrected chi connectivity index (χ0v) is 13.8. The Hall–Kier alpha value is -2.05. The van der Waals surface area contributed by atoms with Gasteiger partial charge in [0.25, 0.3) is 5.56 Å². The van der Waals surface area contributed by atoms with Gasteiger partial charge < -0.3 is 9.88 Å². The summed E-state index contributed by atoms with van der Waals surface area (Å²) < 4.78 is 0. The van der Waals surface area contributed by atoms with Gasteiger partial charge in [0.1, 0.15) is 10.5 Å². The molecule has 1 N–H and O–H groups in total. The summed E-state index contributed by atoms with van der Waals surface area (Å²) >= 11 is 1.65. The fraction of sp³-hybridized carbons (Fsp3) is 0.353. The summed E-state index contributed by atoms with van der Waals surface area (Å²) in [6.07, 6.45) is 4.00. The molecule has 1 fully saturated rings. The number of thiophene rings is 1. The summed E-state index contributed by atoms with van der Waals surface area (Å²) in [5.74, 6) is 1.09. The Kier molecular flexibility index (Phi) is 3.71. The van der Waals surface area contributed by atoms with E-state index in [-0.39, 0.29) is 5.56 Å². The number of aromatic nitrogens is 3. The molecule has 3 aromatic heterocycles. The summed E-state index contributed by atoms with van der Waals surface area (Å²) in [6.45, 7) is 2.23. The van der Waals surface area contributed by atoms with Gasteiger partial charge in [-0.2, -0.15) is 0 Å². The van der Waals surface area contributed by atoms with E-state index in [1.807, 2.05) is 24.3 Å². The minimum atomic E-state index is -0.0777. The Morgan fingerprint density at radius 3 is 2.87 bits per heavy atom. The molecular weight excluding hydrogens is 308 g/mol. The van der Waals surface area contributed by atoms with Gasteiger partial charge in [0.05, 0.1) is 5.39 Å². The van der Waals surface area contributed by atoms with Crippen molar-refractivity contribution in [3.63, 3.8) is 0 Å². The number of rotatable bonds is 2. The third-order valence-electron chi connectivity index (χ3n) is 4.45. The van der Waals surface area contributed by atoms with Crippen molar-refractivity contribution in [1.29, 1.82) is 0 Å². The lowest BCUT2D eigenvalue weighted by atomic mass is 9.95. The van der Waals surface area contributed by atoms with Gasteiger partial charge in [-0.05, 0) is 57.1 Å². The fourth-order valence-electron chi connectivity index (χ4n) is 3.07. The molecule has 6 heteroatoms. The number of piperidine rings is 1. The molecule has 0 aliphatic carbocycles. The quantitative estimate of drug-likeness (QED) is 0.786. The molecule has 4 rings (SSSR count). The molecule has 5 nitrogen and oxygen atoms in total. The number of hydrogen-bond donors (Lipinski definition) is 1. The van der Waals surface area contributed by atoms with E-state index in [9.17, 15) is 4.79 Å². The summed E-state index contributed by atoms with van der Waals surface area (Å²) in [6, 6.07) is 7.63. The Labute approximate surface area is 138 Å². The number of nitrogens with zero attached hydrogens (tertiary/aromatic N) is 3. The number of likely N-dealkylation sites (tertiary alicyclic amines) is 1. The van der Waals surface area contributed by atoms with E-state index in [4.69, 9.17) is 0 Å². The first-order valence-corrected chi connectivity index (χ1v) is 8.66. The summed E-state index contributed by atoms with van der Waals surface area (Å²) in [5, 5.41) is 0.698. The predicted molar refractivity (Wildman–Crippen MR) is 92.9 cm³/mol. The van der Waals surface area contributed by atoms with Crippen molar-refractivity contribution in [3.05, 3.63) is 45.7 Å². The van der Waals surface area contributed by atoms with Gasteiger partial charge in [0, 0.05) is 11.1 Å². The molecule has 0 spiro atoms. The molecule has 4 heterocycles. The molecule has 118 valence electrons. The molecule has 0 radical (unpaired) electrons. The first-order chi connectivity index (χ1) is 11.2. The van der Waals surface area contributed by atoms with Crippen LogP contribution in [0.3, 0.4) is 0 Å². The molecular formula is C17H18N4OS. The third kappa shape index (κ3) is 2.80. The lowest BCUT2D eigenvalue weighted by molar-refractivity contribution is 0.257. The van der Waals surface area contributed by atoms with E-state index >= 15 is 0 Å². The van der Waals surface area contributed by atoms with Crippen LogP contribution in [0.1, 0.15) is 23.6 Å². The lowest BCUT2D eigenvalue weighted by Gasteiger charge is -2.28. The van der Waals surface area contributed by atoms with E-state index in [2.05, 4.69) is 26.9 Å². The number of fused-ring (bicyclic) bond motifs is 1. The van der Waals surface area contributed by atoms with E-state index in [1.54, 1.807) is 17.5 Å². The average Bonchev–Trinajstić information content (AvgIpc) is 3.01. The second kappa shape index (κ2) is 5.86. The van der Waals surface area contributed by atoms with Gasteiger partial charge in [-0.1, -0.05) is 6.07 Å². The number of hydrogen-bond acceptors (Lipinski definition) is 5. The molecule has 1 aliphatic rings. The van der Waals surface area contributed by atoms with Crippen LogP contribution in [0.4, 0.5) is 0 Å². The van der Waals surface area contributed by atoms with Crippen LogP contribution in [0.25, 0.3) is 21.7 Å². The average molecular weight is 326 g/mol. The number of nitrogens with one attached hydrogen (secondary N) is 1. The van der Waals surface area contributed by atoms with Gasteiger partial charge in [-0.25, -0.2) is 4.98 Å². The van der Waals surface area contributed by atoms with Gasteiger partial charge in [-0.3, -0.25) is 9.78 Å². The van der Waals surface area contributed by atoms with Gasteiger partial charge >= 0.3 is 0 Å². The SMILES string of the molecule is CN1CCC(c2cc3c(=O)[nH]c(-c4ccccn4)nc3s2)CC1. The molecule has 0 unspecified atom stereocenters. The van der Waals surface area contributed by atoms with Crippen molar-refractivity contribution in [2.24, 2.45) is 0 Å². The fourth-order valence-corrected chi connectivity index (χ4v) is 4.27. The van der Waals surface area contributed by atoms with Crippen molar-refractivity contribution in [1.82, 2.24) is 19.9 Å². The van der Waals surface area contributed by atoms with Crippen LogP contribution in [0.5, 0.6) is 0 Å². The molecule has 1 aliphatic heterocycles. The highest BCUT2D eigenvalue weighted by Crippen LogP contribution is 2.34. The summed E-state index contributed by atoms with van der Waals surface area (Å²) in [7, 11) is 2.16. The first kappa shape index (κ1) is 14.5. The molecule has 3 aromatic rings. The third-order valence-corrected chi connectivity index (χ3v) is 5.64. The Bertz CT molecular complexity index is 878. The van der Waals surface area contributed by atoms with Crippen molar-refractivity contribution in [3.8, 4) is 11.5 Å². The van der Waals surface area contributed by atoms with E-state index in [1.165, 1.54) is 4.88 Å². The molecule has 0 bridgehead atoms. The van der Waals surface area contributed by atoms with Crippen LogP contribution in [0.2, 0.25) is 0 Å². The molecule has 0 amide bonds.